The third kappa shape index (κ3) is 4.91. The van der Waals surface area contributed by atoms with Crippen molar-refractivity contribution in [3.05, 3.63) is 70.9 Å². The first-order valence-corrected chi connectivity index (χ1v) is 10.5. The van der Waals surface area contributed by atoms with Gasteiger partial charge in [0.1, 0.15) is 0 Å². The van der Waals surface area contributed by atoms with Crippen molar-refractivity contribution in [2.75, 3.05) is 24.3 Å². The van der Waals surface area contributed by atoms with Crippen LogP contribution in [0.4, 0.5) is 21.0 Å². The highest BCUT2D eigenvalue weighted by atomic mass is 16.5. The van der Waals surface area contributed by atoms with E-state index in [4.69, 9.17) is 4.74 Å². The van der Waals surface area contributed by atoms with Crippen molar-refractivity contribution >= 4 is 29.4 Å². The normalized spacial score (nSPS) is 15.8. The van der Waals surface area contributed by atoms with Crippen LogP contribution in [0, 0.1) is 6.92 Å². The van der Waals surface area contributed by atoms with Gasteiger partial charge >= 0.3 is 18.0 Å². The van der Waals surface area contributed by atoms with Crippen LogP contribution in [0.5, 0.6) is 0 Å². The summed E-state index contributed by atoms with van der Waals surface area (Å²) in [7, 11) is 1.32. The molecule has 4 amide bonds. The maximum absolute atomic E-state index is 12.6. The molecule has 1 atom stereocenters. The van der Waals surface area contributed by atoms with E-state index in [0.29, 0.717) is 29.1 Å². The fourth-order valence-electron chi connectivity index (χ4n) is 3.66. The lowest BCUT2D eigenvalue weighted by molar-refractivity contribution is -0.136. The molecule has 0 aromatic heterocycles. The summed E-state index contributed by atoms with van der Waals surface area (Å²) >= 11 is 0. The van der Waals surface area contributed by atoms with E-state index in [0.717, 1.165) is 17.7 Å². The molecule has 0 saturated heterocycles. The lowest BCUT2D eigenvalue weighted by atomic mass is 9.94. The number of esters is 1. The number of hydrogen-bond acceptors (Lipinski definition) is 4. The van der Waals surface area contributed by atoms with Crippen LogP contribution in [0.2, 0.25) is 0 Å². The van der Waals surface area contributed by atoms with Crippen molar-refractivity contribution in [2.24, 2.45) is 0 Å². The standard InChI is InChI=1S/C24H28N4O4/c1-5-14-28-16(3)20(22(29)32-4)21(27-24(28)31)17-10-12-18(13-11-17)25-23(30)26-19-9-7-6-8-15(19)2/h6-13,21H,5,14H2,1-4H3,(H,27,31)(H2,25,26,30)/t21-/m0/s1. The zero-order valence-electron chi connectivity index (χ0n) is 18.7. The summed E-state index contributed by atoms with van der Waals surface area (Å²) in [4.78, 5) is 39.0. The van der Waals surface area contributed by atoms with Crippen molar-refractivity contribution in [1.29, 1.82) is 0 Å². The second kappa shape index (κ2) is 10.00. The Balaban J connectivity index is 1.79. The predicted octanol–water partition coefficient (Wildman–Crippen LogP) is 4.56. The van der Waals surface area contributed by atoms with Crippen LogP contribution < -0.4 is 16.0 Å². The Labute approximate surface area is 187 Å². The number of benzene rings is 2. The largest absolute Gasteiger partial charge is 0.466 e. The zero-order valence-corrected chi connectivity index (χ0v) is 18.7. The Bertz CT molecular complexity index is 1050. The molecule has 1 heterocycles. The number of anilines is 2. The van der Waals surface area contributed by atoms with Gasteiger partial charge in [0.05, 0.1) is 18.7 Å². The molecule has 0 fully saturated rings. The first kappa shape index (κ1) is 22.9. The maximum Gasteiger partial charge on any atom is 0.337 e. The molecule has 32 heavy (non-hydrogen) atoms. The summed E-state index contributed by atoms with van der Waals surface area (Å²) in [6, 6.07) is 13.2. The average Bonchev–Trinajstić information content (AvgIpc) is 2.78. The van der Waals surface area contributed by atoms with Crippen LogP contribution in [-0.4, -0.2) is 36.6 Å². The monoisotopic (exact) mass is 436 g/mol. The molecule has 168 valence electrons. The van der Waals surface area contributed by atoms with Crippen molar-refractivity contribution in [3.8, 4) is 0 Å². The lowest BCUT2D eigenvalue weighted by Crippen LogP contribution is -2.48. The van der Waals surface area contributed by atoms with Gasteiger partial charge in [0.2, 0.25) is 0 Å². The number of amides is 4. The number of ether oxygens (including phenoxy) is 1. The molecule has 1 aliphatic rings. The SMILES string of the molecule is CCCN1C(=O)N[C@@H](c2ccc(NC(=O)Nc3ccccc3C)cc2)C(C(=O)OC)=C1C. The van der Waals surface area contributed by atoms with Crippen molar-refractivity contribution < 1.29 is 19.1 Å². The molecule has 3 rings (SSSR count). The fourth-order valence-corrected chi connectivity index (χ4v) is 3.66. The number of methoxy groups -OCH3 is 1. The van der Waals surface area contributed by atoms with Gasteiger partial charge in [-0.05, 0) is 49.6 Å². The van der Waals surface area contributed by atoms with Crippen molar-refractivity contribution in [3.63, 3.8) is 0 Å². The number of hydrogen-bond donors (Lipinski definition) is 3. The quantitative estimate of drug-likeness (QED) is 0.578. The Morgan fingerprint density at radius 3 is 2.38 bits per heavy atom. The Morgan fingerprint density at radius 2 is 1.75 bits per heavy atom. The number of nitrogens with one attached hydrogen (secondary N) is 3. The minimum Gasteiger partial charge on any atom is -0.466 e. The number of carbonyl (C=O) groups is 3. The van der Waals surface area contributed by atoms with Crippen LogP contribution in [0.1, 0.15) is 37.4 Å². The van der Waals surface area contributed by atoms with Crippen molar-refractivity contribution in [2.45, 2.75) is 33.2 Å². The molecule has 2 aromatic rings. The maximum atomic E-state index is 12.6. The molecular formula is C24H28N4O4. The molecular weight excluding hydrogens is 408 g/mol. The first-order valence-electron chi connectivity index (χ1n) is 10.5. The Hall–Kier alpha value is -3.81. The number of rotatable bonds is 6. The summed E-state index contributed by atoms with van der Waals surface area (Å²) in [5.41, 5.74) is 3.94. The van der Waals surface area contributed by atoms with E-state index < -0.39 is 12.0 Å². The summed E-state index contributed by atoms with van der Waals surface area (Å²) in [6.45, 7) is 6.13. The topological polar surface area (TPSA) is 99.8 Å². The minimum absolute atomic E-state index is 0.262. The summed E-state index contributed by atoms with van der Waals surface area (Å²) in [5.74, 6) is -0.492. The number of allylic oxidation sites excluding steroid dienone is 1. The Morgan fingerprint density at radius 1 is 1.06 bits per heavy atom. The molecule has 0 unspecified atom stereocenters. The second-order valence-corrected chi connectivity index (χ2v) is 7.54. The van der Waals surface area contributed by atoms with Crippen LogP contribution in [0.15, 0.2) is 59.8 Å². The molecule has 0 bridgehead atoms. The van der Waals surface area contributed by atoms with Gasteiger partial charge in [-0.2, -0.15) is 0 Å². The lowest BCUT2D eigenvalue weighted by Gasteiger charge is -2.35. The van der Waals surface area contributed by atoms with Gasteiger partial charge in [0, 0.05) is 23.6 Å². The van der Waals surface area contributed by atoms with Gasteiger partial charge in [-0.1, -0.05) is 37.3 Å². The third-order valence-electron chi connectivity index (χ3n) is 5.34. The second-order valence-electron chi connectivity index (χ2n) is 7.54. The number of para-hydroxylation sites is 1. The number of nitrogens with zero attached hydrogens (tertiary/aromatic N) is 1. The van der Waals surface area contributed by atoms with E-state index in [1.54, 1.807) is 36.1 Å². The smallest absolute Gasteiger partial charge is 0.337 e. The van der Waals surface area contributed by atoms with E-state index in [9.17, 15) is 14.4 Å². The van der Waals surface area contributed by atoms with E-state index in [1.807, 2.05) is 38.1 Å². The molecule has 0 saturated carbocycles. The summed E-state index contributed by atoms with van der Waals surface area (Å²) in [5, 5.41) is 8.49. The fraction of sp³-hybridized carbons (Fsp3) is 0.292. The third-order valence-corrected chi connectivity index (χ3v) is 5.34. The highest BCUT2D eigenvalue weighted by molar-refractivity contribution is 6.00. The number of urea groups is 2. The van der Waals surface area contributed by atoms with Crippen LogP contribution >= 0.6 is 0 Å². The summed E-state index contributed by atoms with van der Waals surface area (Å²) in [6.07, 6.45) is 0.759. The molecule has 0 aliphatic carbocycles. The molecule has 2 aromatic carbocycles. The van der Waals surface area contributed by atoms with E-state index >= 15 is 0 Å². The van der Waals surface area contributed by atoms with Crippen LogP contribution in [0.25, 0.3) is 0 Å². The van der Waals surface area contributed by atoms with Gasteiger partial charge in [0.15, 0.2) is 0 Å². The number of aryl methyl sites for hydroxylation is 1. The zero-order chi connectivity index (χ0) is 23.3. The van der Waals surface area contributed by atoms with Crippen LogP contribution in [-0.2, 0) is 9.53 Å². The number of carbonyl (C=O) groups excluding carboxylic acids is 3. The Kier molecular flexibility index (Phi) is 7.14. The highest BCUT2D eigenvalue weighted by Crippen LogP contribution is 2.32. The molecule has 8 heteroatoms. The van der Waals surface area contributed by atoms with E-state index in [1.165, 1.54) is 7.11 Å². The highest BCUT2D eigenvalue weighted by Gasteiger charge is 2.35. The van der Waals surface area contributed by atoms with Crippen LogP contribution in [0.3, 0.4) is 0 Å². The molecule has 1 aliphatic heterocycles. The van der Waals surface area contributed by atoms with Gasteiger partial charge in [-0.15, -0.1) is 0 Å². The minimum atomic E-state index is -0.641. The van der Waals surface area contributed by atoms with Gasteiger partial charge < -0.3 is 20.7 Å². The van der Waals surface area contributed by atoms with Gasteiger partial charge in [-0.3, -0.25) is 4.90 Å². The van der Waals surface area contributed by atoms with Gasteiger partial charge in [-0.25, -0.2) is 14.4 Å². The summed E-state index contributed by atoms with van der Waals surface area (Å²) < 4.78 is 4.98. The average molecular weight is 437 g/mol. The predicted molar refractivity (Wildman–Crippen MR) is 123 cm³/mol. The first-order chi connectivity index (χ1) is 15.3. The van der Waals surface area contributed by atoms with Crippen molar-refractivity contribution in [1.82, 2.24) is 10.2 Å². The molecule has 3 N–H and O–H groups in total. The molecule has 0 spiro atoms. The van der Waals surface area contributed by atoms with Gasteiger partial charge in [0.25, 0.3) is 0 Å². The van der Waals surface area contributed by atoms with E-state index in [2.05, 4.69) is 16.0 Å². The molecule has 8 nitrogen and oxygen atoms in total. The van der Waals surface area contributed by atoms with E-state index in [-0.39, 0.29) is 12.1 Å². The molecule has 0 radical (unpaired) electrons.